The average molecular weight is 296 g/mol. The molecule has 0 spiro atoms. The highest BCUT2D eigenvalue weighted by molar-refractivity contribution is 6.30. The maximum Gasteiger partial charge on any atom is 0.310 e. The zero-order valence-corrected chi connectivity index (χ0v) is 12.9. The molecule has 2 rings (SSSR count). The van der Waals surface area contributed by atoms with Crippen molar-refractivity contribution in [3.8, 4) is 0 Å². The van der Waals surface area contributed by atoms with E-state index in [9.17, 15) is 9.90 Å². The monoisotopic (exact) mass is 295 g/mol. The van der Waals surface area contributed by atoms with Gasteiger partial charge in [0.2, 0.25) is 0 Å². The van der Waals surface area contributed by atoms with Crippen molar-refractivity contribution in [1.82, 2.24) is 4.90 Å². The van der Waals surface area contributed by atoms with Crippen molar-refractivity contribution < 1.29 is 9.90 Å². The van der Waals surface area contributed by atoms with Crippen molar-refractivity contribution in [3.05, 3.63) is 34.9 Å². The van der Waals surface area contributed by atoms with Crippen LogP contribution in [-0.2, 0) is 11.2 Å². The van der Waals surface area contributed by atoms with E-state index in [4.69, 9.17) is 11.6 Å². The predicted molar refractivity (Wildman–Crippen MR) is 81.2 cm³/mol. The van der Waals surface area contributed by atoms with Gasteiger partial charge in [0, 0.05) is 17.6 Å². The molecule has 2 atom stereocenters. The zero-order valence-electron chi connectivity index (χ0n) is 12.1. The molecule has 0 amide bonds. The Bertz CT molecular complexity index is 474. The number of carboxylic acid groups (broad SMARTS) is 1. The largest absolute Gasteiger partial charge is 0.481 e. The van der Waals surface area contributed by atoms with Gasteiger partial charge in [-0.2, -0.15) is 0 Å². The minimum Gasteiger partial charge on any atom is -0.481 e. The third-order valence-corrected chi connectivity index (χ3v) is 4.56. The van der Waals surface area contributed by atoms with Crippen molar-refractivity contribution in [2.45, 2.75) is 39.2 Å². The van der Waals surface area contributed by atoms with Crippen LogP contribution in [0.1, 0.15) is 32.3 Å². The Labute approximate surface area is 125 Å². The standard InChI is InChI=1S/C16H22ClNO2/c1-12(10-13-4-6-14(17)7-5-13)18-9-3-8-16(2,11-18)15(19)20/h4-7,12H,3,8-11H2,1-2H3,(H,19,20). The van der Waals surface area contributed by atoms with Gasteiger partial charge >= 0.3 is 5.97 Å². The molecular formula is C16H22ClNO2. The van der Waals surface area contributed by atoms with Gasteiger partial charge in [-0.1, -0.05) is 23.7 Å². The van der Waals surface area contributed by atoms with E-state index >= 15 is 0 Å². The fraction of sp³-hybridized carbons (Fsp3) is 0.562. The molecule has 1 heterocycles. The molecular weight excluding hydrogens is 274 g/mol. The summed E-state index contributed by atoms with van der Waals surface area (Å²) in [5.41, 5.74) is 0.636. The maximum absolute atomic E-state index is 11.4. The number of carbonyl (C=O) groups is 1. The average Bonchev–Trinajstić information content (AvgIpc) is 2.41. The van der Waals surface area contributed by atoms with E-state index in [2.05, 4.69) is 11.8 Å². The Morgan fingerprint density at radius 2 is 2.10 bits per heavy atom. The van der Waals surface area contributed by atoms with Gasteiger partial charge in [-0.15, -0.1) is 0 Å². The van der Waals surface area contributed by atoms with Crippen LogP contribution in [0.3, 0.4) is 0 Å². The summed E-state index contributed by atoms with van der Waals surface area (Å²) in [5, 5.41) is 10.1. The second kappa shape index (κ2) is 6.15. The second-order valence-corrected chi connectivity index (χ2v) is 6.56. The quantitative estimate of drug-likeness (QED) is 0.925. The Morgan fingerprint density at radius 1 is 1.45 bits per heavy atom. The van der Waals surface area contributed by atoms with Crippen LogP contribution < -0.4 is 0 Å². The minimum absolute atomic E-state index is 0.343. The summed E-state index contributed by atoms with van der Waals surface area (Å²) in [6.45, 7) is 5.65. The summed E-state index contributed by atoms with van der Waals surface area (Å²) < 4.78 is 0. The smallest absolute Gasteiger partial charge is 0.310 e. The maximum atomic E-state index is 11.4. The third kappa shape index (κ3) is 3.53. The number of hydrogen-bond acceptors (Lipinski definition) is 2. The van der Waals surface area contributed by atoms with Crippen LogP contribution in [0.15, 0.2) is 24.3 Å². The van der Waals surface area contributed by atoms with Crippen molar-refractivity contribution >= 4 is 17.6 Å². The zero-order chi connectivity index (χ0) is 14.8. The molecule has 1 N–H and O–H groups in total. The first-order valence-corrected chi connectivity index (χ1v) is 7.50. The van der Waals surface area contributed by atoms with E-state index in [0.29, 0.717) is 12.6 Å². The summed E-state index contributed by atoms with van der Waals surface area (Å²) in [5.74, 6) is -0.680. The van der Waals surface area contributed by atoms with Crippen molar-refractivity contribution in [2.75, 3.05) is 13.1 Å². The molecule has 1 aromatic rings. The van der Waals surface area contributed by atoms with E-state index in [1.807, 2.05) is 31.2 Å². The number of piperidine rings is 1. The highest BCUT2D eigenvalue weighted by Crippen LogP contribution is 2.31. The highest BCUT2D eigenvalue weighted by atomic mass is 35.5. The highest BCUT2D eigenvalue weighted by Gasteiger charge is 2.38. The number of hydrogen-bond donors (Lipinski definition) is 1. The lowest BCUT2D eigenvalue weighted by atomic mass is 9.81. The number of likely N-dealkylation sites (tertiary alicyclic amines) is 1. The molecule has 1 aliphatic rings. The van der Waals surface area contributed by atoms with E-state index in [-0.39, 0.29) is 0 Å². The molecule has 0 aliphatic carbocycles. The number of nitrogens with zero attached hydrogens (tertiary/aromatic N) is 1. The molecule has 3 nitrogen and oxygen atoms in total. The summed E-state index contributed by atoms with van der Waals surface area (Å²) in [4.78, 5) is 13.7. The van der Waals surface area contributed by atoms with Gasteiger partial charge in [-0.25, -0.2) is 0 Å². The molecule has 0 bridgehead atoms. The lowest BCUT2D eigenvalue weighted by Gasteiger charge is -2.40. The molecule has 110 valence electrons. The van der Waals surface area contributed by atoms with Crippen molar-refractivity contribution in [3.63, 3.8) is 0 Å². The second-order valence-electron chi connectivity index (χ2n) is 6.12. The molecule has 4 heteroatoms. The Kier molecular flexibility index (Phi) is 4.71. The predicted octanol–water partition coefficient (Wildman–Crippen LogP) is 3.46. The SMILES string of the molecule is CC(Cc1ccc(Cl)cc1)N1CCCC(C)(C(=O)O)C1. The van der Waals surface area contributed by atoms with E-state index < -0.39 is 11.4 Å². The first-order valence-electron chi connectivity index (χ1n) is 7.12. The molecule has 20 heavy (non-hydrogen) atoms. The fourth-order valence-electron chi connectivity index (χ4n) is 2.92. The van der Waals surface area contributed by atoms with Crippen LogP contribution >= 0.6 is 11.6 Å². The number of aliphatic carboxylic acids is 1. The fourth-order valence-corrected chi connectivity index (χ4v) is 3.05. The van der Waals surface area contributed by atoms with E-state index in [0.717, 1.165) is 30.8 Å². The van der Waals surface area contributed by atoms with Crippen LogP contribution in [0, 0.1) is 5.41 Å². The van der Waals surface area contributed by atoms with Gasteiger partial charge in [0.05, 0.1) is 5.41 Å². The normalized spacial score (nSPS) is 25.4. The van der Waals surface area contributed by atoms with Crippen LogP contribution in [0.4, 0.5) is 0 Å². The number of carboxylic acids is 1. The van der Waals surface area contributed by atoms with Gasteiger partial charge in [-0.05, 0) is 57.4 Å². The lowest BCUT2D eigenvalue weighted by molar-refractivity contribution is -0.151. The first kappa shape index (κ1) is 15.3. The Hall–Kier alpha value is -1.06. The van der Waals surface area contributed by atoms with E-state index in [1.54, 1.807) is 0 Å². The van der Waals surface area contributed by atoms with Gasteiger partial charge in [-0.3, -0.25) is 9.69 Å². The van der Waals surface area contributed by atoms with Crippen LogP contribution in [0.2, 0.25) is 5.02 Å². The Morgan fingerprint density at radius 3 is 2.70 bits per heavy atom. The molecule has 0 aromatic heterocycles. The number of benzene rings is 1. The molecule has 1 aromatic carbocycles. The van der Waals surface area contributed by atoms with Gasteiger partial charge < -0.3 is 5.11 Å². The van der Waals surface area contributed by atoms with Gasteiger partial charge in [0.1, 0.15) is 0 Å². The minimum atomic E-state index is -0.680. The van der Waals surface area contributed by atoms with Gasteiger partial charge in [0.25, 0.3) is 0 Å². The summed E-state index contributed by atoms with van der Waals surface area (Å²) in [6.07, 6.45) is 2.65. The lowest BCUT2D eigenvalue weighted by Crippen LogP contribution is -2.49. The molecule has 0 saturated carbocycles. The van der Waals surface area contributed by atoms with E-state index in [1.165, 1.54) is 5.56 Å². The molecule has 2 unspecified atom stereocenters. The molecule has 1 aliphatic heterocycles. The third-order valence-electron chi connectivity index (χ3n) is 4.31. The Balaban J connectivity index is 2.00. The number of rotatable bonds is 4. The van der Waals surface area contributed by atoms with Gasteiger partial charge in [0.15, 0.2) is 0 Å². The summed E-state index contributed by atoms with van der Waals surface area (Å²) in [6, 6.07) is 8.23. The first-order chi connectivity index (χ1) is 9.40. The van der Waals surface area contributed by atoms with Crippen molar-refractivity contribution in [1.29, 1.82) is 0 Å². The molecule has 1 saturated heterocycles. The van der Waals surface area contributed by atoms with Crippen LogP contribution in [0.5, 0.6) is 0 Å². The summed E-state index contributed by atoms with van der Waals surface area (Å²) >= 11 is 5.89. The van der Waals surface area contributed by atoms with Crippen molar-refractivity contribution in [2.24, 2.45) is 5.41 Å². The van der Waals surface area contributed by atoms with Crippen LogP contribution in [-0.4, -0.2) is 35.1 Å². The topological polar surface area (TPSA) is 40.5 Å². The summed E-state index contributed by atoms with van der Waals surface area (Å²) in [7, 11) is 0. The number of halogens is 1. The molecule has 0 radical (unpaired) electrons. The molecule has 1 fully saturated rings. The van der Waals surface area contributed by atoms with Crippen LogP contribution in [0.25, 0.3) is 0 Å².